The molecule has 6 heteroatoms. The van der Waals surface area contributed by atoms with E-state index in [1.54, 1.807) is 18.3 Å². The third kappa shape index (κ3) is 3.89. The smallest absolute Gasteiger partial charge is 0.302 e. The van der Waals surface area contributed by atoms with Gasteiger partial charge in [-0.3, -0.25) is 14.0 Å². The highest BCUT2D eigenvalue weighted by Crippen LogP contribution is 2.49. The molecule has 17 heavy (non-hydrogen) atoms. The SMILES string of the molecule is O=P1(O)OCCCCCC(c2ccccn2)O1. The van der Waals surface area contributed by atoms with Crippen LogP contribution in [0.4, 0.5) is 0 Å². The van der Waals surface area contributed by atoms with E-state index in [-0.39, 0.29) is 6.61 Å². The van der Waals surface area contributed by atoms with E-state index in [2.05, 4.69) is 4.98 Å². The summed E-state index contributed by atoms with van der Waals surface area (Å²) < 4.78 is 21.7. The molecular formula is C11H16NO4P. The Kier molecular flexibility index (Phi) is 4.29. The van der Waals surface area contributed by atoms with Crippen molar-refractivity contribution in [3.63, 3.8) is 0 Å². The molecule has 5 nitrogen and oxygen atoms in total. The molecule has 1 aliphatic rings. The monoisotopic (exact) mass is 257 g/mol. The zero-order valence-corrected chi connectivity index (χ0v) is 10.4. The average Bonchev–Trinajstić information content (AvgIpc) is 2.40. The quantitative estimate of drug-likeness (QED) is 0.783. The number of hydrogen-bond acceptors (Lipinski definition) is 4. The number of phosphoric acid groups is 1. The van der Waals surface area contributed by atoms with Crippen molar-refractivity contribution in [2.75, 3.05) is 6.61 Å². The highest BCUT2D eigenvalue weighted by molar-refractivity contribution is 7.47. The molecule has 2 unspecified atom stereocenters. The summed E-state index contributed by atoms with van der Waals surface area (Å²) in [6.45, 7) is 0.267. The minimum Gasteiger partial charge on any atom is -0.302 e. The van der Waals surface area contributed by atoms with Crippen LogP contribution in [0, 0.1) is 0 Å². The maximum atomic E-state index is 11.6. The molecule has 2 rings (SSSR count). The van der Waals surface area contributed by atoms with Crippen molar-refractivity contribution in [1.29, 1.82) is 0 Å². The van der Waals surface area contributed by atoms with Gasteiger partial charge in [-0.2, -0.15) is 0 Å². The predicted octanol–water partition coefficient (Wildman–Crippen LogP) is 2.83. The number of nitrogens with zero attached hydrogens (tertiary/aromatic N) is 1. The number of pyridine rings is 1. The molecule has 0 aromatic carbocycles. The first kappa shape index (κ1) is 12.7. The highest BCUT2D eigenvalue weighted by Gasteiger charge is 2.28. The summed E-state index contributed by atoms with van der Waals surface area (Å²) in [7, 11) is -3.95. The molecule has 1 aromatic heterocycles. The van der Waals surface area contributed by atoms with Crippen LogP contribution in [-0.4, -0.2) is 16.5 Å². The average molecular weight is 257 g/mol. The fraction of sp³-hybridized carbons (Fsp3) is 0.545. The van der Waals surface area contributed by atoms with Gasteiger partial charge in [-0.25, -0.2) is 4.57 Å². The van der Waals surface area contributed by atoms with Crippen molar-refractivity contribution in [2.24, 2.45) is 0 Å². The summed E-state index contributed by atoms with van der Waals surface area (Å²) >= 11 is 0. The number of phosphoric ester groups is 1. The molecule has 94 valence electrons. The number of aromatic nitrogens is 1. The van der Waals surface area contributed by atoms with Gasteiger partial charge < -0.3 is 4.89 Å². The molecule has 1 fully saturated rings. The lowest BCUT2D eigenvalue weighted by Crippen LogP contribution is -2.05. The predicted molar refractivity (Wildman–Crippen MR) is 62.3 cm³/mol. The van der Waals surface area contributed by atoms with Gasteiger partial charge >= 0.3 is 7.82 Å². The molecule has 0 bridgehead atoms. The second kappa shape index (κ2) is 5.74. The van der Waals surface area contributed by atoms with E-state index in [4.69, 9.17) is 9.05 Å². The first-order valence-electron chi connectivity index (χ1n) is 5.74. The van der Waals surface area contributed by atoms with Gasteiger partial charge in [0.2, 0.25) is 0 Å². The Bertz CT molecular complexity index is 398. The molecule has 0 aliphatic carbocycles. The van der Waals surface area contributed by atoms with Gasteiger partial charge in [-0.15, -0.1) is 0 Å². The lowest BCUT2D eigenvalue weighted by Gasteiger charge is -2.18. The molecule has 1 N–H and O–H groups in total. The van der Waals surface area contributed by atoms with Crippen molar-refractivity contribution in [2.45, 2.75) is 31.8 Å². The fourth-order valence-corrected chi connectivity index (χ4v) is 2.76. The Morgan fingerprint density at radius 3 is 3.00 bits per heavy atom. The zero-order chi connectivity index (χ0) is 12.1. The van der Waals surface area contributed by atoms with E-state index in [1.807, 2.05) is 6.07 Å². The Morgan fingerprint density at radius 1 is 1.35 bits per heavy atom. The van der Waals surface area contributed by atoms with Crippen LogP contribution in [0.2, 0.25) is 0 Å². The van der Waals surface area contributed by atoms with Crippen LogP contribution in [0.1, 0.15) is 37.5 Å². The second-order valence-electron chi connectivity index (χ2n) is 4.00. The zero-order valence-electron chi connectivity index (χ0n) is 9.49. The van der Waals surface area contributed by atoms with Crippen LogP contribution in [-0.2, 0) is 13.6 Å². The Morgan fingerprint density at radius 2 is 2.24 bits per heavy atom. The summed E-state index contributed by atoms with van der Waals surface area (Å²) in [5, 5.41) is 0. The van der Waals surface area contributed by atoms with Crippen LogP contribution >= 0.6 is 7.82 Å². The molecule has 1 aliphatic heterocycles. The molecule has 2 heterocycles. The maximum Gasteiger partial charge on any atom is 0.472 e. The van der Waals surface area contributed by atoms with Crippen molar-refractivity contribution in [3.8, 4) is 0 Å². The summed E-state index contributed by atoms with van der Waals surface area (Å²) in [4.78, 5) is 13.7. The number of rotatable bonds is 1. The second-order valence-corrected chi connectivity index (χ2v) is 5.41. The Labute approximate surface area is 100 Å². The lowest BCUT2D eigenvalue weighted by molar-refractivity contribution is 0.103. The fourth-order valence-electron chi connectivity index (χ4n) is 1.80. The van der Waals surface area contributed by atoms with E-state index in [0.717, 1.165) is 19.3 Å². The van der Waals surface area contributed by atoms with Gasteiger partial charge in [0.1, 0.15) is 6.10 Å². The molecular weight excluding hydrogens is 241 g/mol. The minimum atomic E-state index is -3.95. The van der Waals surface area contributed by atoms with Crippen molar-refractivity contribution < 1.29 is 18.5 Å². The maximum absolute atomic E-state index is 11.6. The van der Waals surface area contributed by atoms with Crippen LogP contribution in [0.25, 0.3) is 0 Å². The van der Waals surface area contributed by atoms with Crippen molar-refractivity contribution >= 4 is 7.82 Å². The van der Waals surface area contributed by atoms with Gasteiger partial charge in [-0.1, -0.05) is 18.9 Å². The molecule has 0 radical (unpaired) electrons. The van der Waals surface area contributed by atoms with E-state index < -0.39 is 13.9 Å². The summed E-state index contributed by atoms with van der Waals surface area (Å²) in [6, 6.07) is 5.43. The number of hydrogen-bond donors (Lipinski definition) is 1. The topological polar surface area (TPSA) is 68.7 Å². The van der Waals surface area contributed by atoms with Crippen molar-refractivity contribution in [3.05, 3.63) is 30.1 Å². The molecule has 0 spiro atoms. The molecule has 1 saturated heterocycles. The van der Waals surface area contributed by atoms with E-state index in [1.165, 1.54) is 0 Å². The van der Waals surface area contributed by atoms with Crippen LogP contribution in [0.15, 0.2) is 24.4 Å². The van der Waals surface area contributed by atoms with E-state index in [0.29, 0.717) is 12.1 Å². The summed E-state index contributed by atoms with van der Waals surface area (Å²) in [6.07, 6.45) is 4.55. The van der Waals surface area contributed by atoms with Gasteiger partial charge in [-0.05, 0) is 25.0 Å². The largest absolute Gasteiger partial charge is 0.472 e. The van der Waals surface area contributed by atoms with E-state index >= 15 is 0 Å². The normalized spacial score (nSPS) is 31.2. The minimum absolute atomic E-state index is 0.267. The Balaban J connectivity index is 2.15. The van der Waals surface area contributed by atoms with Crippen molar-refractivity contribution in [1.82, 2.24) is 4.98 Å². The molecule has 0 amide bonds. The van der Waals surface area contributed by atoms with Crippen LogP contribution in [0.5, 0.6) is 0 Å². The Hall–Kier alpha value is -0.740. The first-order chi connectivity index (χ1) is 8.17. The molecule has 2 atom stereocenters. The summed E-state index contributed by atoms with van der Waals surface area (Å²) in [5.41, 5.74) is 0.673. The molecule has 1 aromatic rings. The highest BCUT2D eigenvalue weighted by atomic mass is 31.2. The van der Waals surface area contributed by atoms with Gasteiger partial charge in [0, 0.05) is 6.20 Å². The van der Waals surface area contributed by atoms with Crippen LogP contribution in [0.3, 0.4) is 0 Å². The van der Waals surface area contributed by atoms with Gasteiger partial charge in [0.15, 0.2) is 0 Å². The van der Waals surface area contributed by atoms with E-state index in [9.17, 15) is 9.46 Å². The summed E-state index contributed by atoms with van der Waals surface area (Å²) in [5.74, 6) is 0. The van der Waals surface area contributed by atoms with Crippen LogP contribution < -0.4 is 0 Å². The van der Waals surface area contributed by atoms with Gasteiger partial charge in [0.05, 0.1) is 12.3 Å². The third-order valence-corrected chi connectivity index (χ3v) is 3.67. The van der Waals surface area contributed by atoms with Gasteiger partial charge in [0.25, 0.3) is 0 Å². The standard InChI is InChI=1S/C11H16NO4P/c13-17(14)15-9-5-1-2-7-11(16-17)10-6-3-4-8-12-10/h3-4,6,8,11H,1-2,5,7,9H2,(H,13,14). The lowest BCUT2D eigenvalue weighted by atomic mass is 10.1. The first-order valence-corrected chi connectivity index (χ1v) is 7.23. The molecule has 0 saturated carbocycles. The third-order valence-electron chi connectivity index (χ3n) is 2.64.